The molecule has 21 heavy (non-hydrogen) atoms. The molecule has 0 aromatic carbocycles. The fraction of sp³-hybridized carbons (Fsp3) is 0.625. The van der Waals surface area contributed by atoms with E-state index < -0.39 is 0 Å². The normalized spacial score (nSPS) is 12.6. The van der Waals surface area contributed by atoms with Gasteiger partial charge in [0.15, 0.2) is 0 Å². The molecule has 0 spiro atoms. The van der Waals surface area contributed by atoms with Gasteiger partial charge in [0.25, 0.3) is 0 Å². The van der Waals surface area contributed by atoms with E-state index >= 15 is 0 Å². The van der Waals surface area contributed by atoms with Gasteiger partial charge in [-0.05, 0) is 32.1 Å². The van der Waals surface area contributed by atoms with Crippen molar-refractivity contribution in [2.45, 2.75) is 26.2 Å². The Morgan fingerprint density at radius 1 is 1.33 bits per heavy atom. The van der Waals surface area contributed by atoms with E-state index in [1.54, 1.807) is 0 Å². The molecular weight excluding hydrogens is 325 g/mol. The van der Waals surface area contributed by atoms with Crippen molar-refractivity contribution in [1.29, 1.82) is 0 Å². The quantitative estimate of drug-likeness (QED) is 0.141. The minimum absolute atomic E-state index is 0.501. The highest BCUT2D eigenvalue weighted by Crippen LogP contribution is 2.15. The van der Waals surface area contributed by atoms with Gasteiger partial charge in [0, 0.05) is 18.8 Å². The molecule has 0 aliphatic rings. The summed E-state index contributed by atoms with van der Waals surface area (Å²) in [6, 6.07) is 0. The average Bonchev–Trinajstić information content (AvgIpc) is 2.46. The molecule has 0 atom stereocenters. The Labute approximate surface area is 144 Å². The summed E-state index contributed by atoms with van der Waals surface area (Å²) < 4.78 is 5.74. The Morgan fingerprint density at radius 3 is 2.62 bits per heavy atom. The van der Waals surface area contributed by atoms with Gasteiger partial charge < -0.3 is 4.74 Å². The number of alkyl halides is 1. The van der Waals surface area contributed by atoms with Crippen LogP contribution in [0, 0.1) is 12.3 Å². The SMILES string of the molecule is C#CCN(CCCS)CCCO/C(C/C=C\CCl)=C(/C)Cl. The van der Waals surface area contributed by atoms with Gasteiger partial charge in [-0.2, -0.15) is 12.6 Å². The second-order valence-electron chi connectivity index (χ2n) is 4.55. The molecule has 0 rings (SSSR count). The molecule has 0 heterocycles. The molecule has 5 heteroatoms. The van der Waals surface area contributed by atoms with Crippen molar-refractivity contribution in [1.82, 2.24) is 4.90 Å². The molecule has 0 amide bonds. The van der Waals surface area contributed by atoms with Crippen LogP contribution in [0.2, 0.25) is 0 Å². The predicted octanol–water partition coefficient (Wildman–Crippen LogP) is 4.30. The number of hydrogen-bond donors (Lipinski definition) is 1. The second kappa shape index (κ2) is 14.7. The molecule has 0 aliphatic carbocycles. The van der Waals surface area contributed by atoms with Gasteiger partial charge in [0.05, 0.1) is 18.2 Å². The Hall–Kier alpha value is -0.270. The van der Waals surface area contributed by atoms with Gasteiger partial charge in [-0.3, -0.25) is 4.90 Å². The maximum absolute atomic E-state index is 6.02. The molecule has 0 aliphatic heterocycles. The average molecular weight is 350 g/mol. The zero-order valence-electron chi connectivity index (χ0n) is 12.7. The number of hydrogen-bond acceptors (Lipinski definition) is 3. The van der Waals surface area contributed by atoms with E-state index in [1.807, 2.05) is 19.1 Å². The van der Waals surface area contributed by atoms with E-state index in [-0.39, 0.29) is 0 Å². The lowest BCUT2D eigenvalue weighted by molar-refractivity contribution is 0.182. The van der Waals surface area contributed by atoms with Gasteiger partial charge in [0.2, 0.25) is 0 Å². The Kier molecular flexibility index (Phi) is 14.5. The van der Waals surface area contributed by atoms with Crippen molar-refractivity contribution >= 4 is 35.8 Å². The summed E-state index contributed by atoms with van der Waals surface area (Å²) in [6.45, 7) is 5.04. The highest BCUT2D eigenvalue weighted by atomic mass is 35.5. The summed E-state index contributed by atoms with van der Waals surface area (Å²) in [6.07, 6.45) is 11.9. The smallest absolute Gasteiger partial charge is 0.114 e. The summed E-state index contributed by atoms with van der Waals surface area (Å²) in [5, 5.41) is 0.685. The molecule has 120 valence electrons. The third-order valence-electron chi connectivity index (χ3n) is 2.79. The lowest BCUT2D eigenvalue weighted by Crippen LogP contribution is -2.27. The minimum Gasteiger partial charge on any atom is -0.496 e. The molecular formula is C16H25Cl2NOS. The van der Waals surface area contributed by atoms with E-state index in [4.69, 9.17) is 34.4 Å². The van der Waals surface area contributed by atoms with Crippen molar-refractivity contribution in [3.63, 3.8) is 0 Å². The molecule has 0 radical (unpaired) electrons. The molecule has 0 saturated heterocycles. The van der Waals surface area contributed by atoms with Crippen LogP contribution >= 0.6 is 35.8 Å². The first-order chi connectivity index (χ1) is 10.2. The molecule has 0 saturated carbocycles. The molecule has 0 aromatic heterocycles. The Morgan fingerprint density at radius 2 is 2.05 bits per heavy atom. The van der Waals surface area contributed by atoms with E-state index in [9.17, 15) is 0 Å². The lowest BCUT2D eigenvalue weighted by atomic mass is 10.3. The van der Waals surface area contributed by atoms with Crippen LogP contribution in [0.25, 0.3) is 0 Å². The summed E-state index contributed by atoms with van der Waals surface area (Å²) in [7, 11) is 0. The first kappa shape index (κ1) is 20.7. The number of ether oxygens (including phenoxy) is 1. The Balaban J connectivity index is 4.05. The minimum atomic E-state index is 0.501. The fourth-order valence-corrected chi connectivity index (χ4v) is 2.13. The number of halogens is 2. The number of thiol groups is 1. The maximum atomic E-state index is 6.02. The predicted molar refractivity (Wildman–Crippen MR) is 97.3 cm³/mol. The first-order valence-electron chi connectivity index (χ1n) is 7.11. The second-order valence-corrected chi connectivity index (χ2v) is 5.87. The highest BCUT2D eigenvalue weighted by molar-refractivity contribution is 7.80. The number of terminal acetylenes is 1. The van der Waals surface area contributed by atoms with Crippen molar-refractivity contribution in [3.8, 4) is 12.3 Å². The zero-order valence-corrected chi connectivity index (χ0v) is 15.1. The Bertz CT molecular complexity index is 360. The summed E-state index contributed by atoms with van der Waals surface area (Å²) >= 11 is 15.8. The molecule has 0 N–H and O–H groups in total. The topological polar surface area (TPSA) is 12.5 Å². The van der Waals surface area contributed by atoms with Gasteiger partial charge >= 0.3 is 0 Å². The van der Waals surface area contributed by atoms with Crippen LogP contribution in [0.4, 0.5) is 0 Å². The van der Waals surface area contributed by atoms with Crippen LogP contribution in [0.15, 0.2) is 22.9 Å². The number of allylic oxidation sites excluding steroid dienone is 3. The fourth-order valence-electron chi connectivity index (χ4n) is 1.73. The third-order valence-corrected chi connectivity index (χ3v) is 3.49. The van der Waals surface area contributed by atoms with Crippen LogP contribution in [0.5, 0.6) is 0 Å². The highest BCUT2D eigenvalue weighted by Gasteiger charge is 2.04. The third kappa shape index (κ3) is 12.0. The van der Waals surface area contributed by atoms with Crippen molar-refractivity contribution in [2.24, 2.45) is 0 Å². The van der Waals surface area contributed by atoms with Crippen molar-refractivity contribution < 1.29 is 4.74 Å². The van der Waals surface area contributed by atoms with E-state index in [2.05, 4.69) is 23.4 Å². The maximum Gasteiger partial charge on any atom is 0.114 e. The molecule has 0 aromatic rings. The van der Waals surface area contributed by atoms with Crippen molar-refractivity contribution in [2.75, 3.05) is 37.9 Å². The monoisotopic (exact) mass is 349 g/mol. The lowest BCUT2D eigenvalue weighted by Gasteiger charge is -2.19. The van der Waals surface area contributed by atoms with Crippen LogP contribution < -0.4 is 0 Å². The number of nitrogens with zero attached hydrogens (tertiary/aromatic N) is 1. The standard InChI is InChI=1S/C16H25Cl2NOS/c1-3-10-19(12-7-14-21)11-6-13-20-16(15(2)18)8-4-5-9-17/h1,4-5,21H,6-14H2,2H3/b5-4-,16-15-. The summed E-state index contributed by atoms with van der Waals surface area (Å²) in [4.78, 5) is 2.24. The van der Waals surface area contributed by atoms with Crippen molar-refractivity contribution in [3.05, 3.63) is 22.9 Å². The largest absolute Gasteiger partial charge is 0.496 e. The summed E-state index contributed by atoms with van der Waals surface area (Å²) in [5.41, 5.74) is 0. The first-order valence-corrected chi connectivity index (χ1v) is 8.65. The van der Waals surface area contributed by atoms with E-state index in [0.29, 0.717) is 30.5 Å². The van der Waals surface area contributed by atoms with Gasteiger partial charge in [-0.15, -0.1) is 18.0 Å². The summed E-state index contributed by atoms with van der Waals surface area (Å²) in [5.74, 6) is 4.87. The van der Waals surface area contributed by atoms with E-state index in [1.165, 1.54) is 0 Å². The van der Waals surface area contributed by atoms with Gasteiger partial charge in [-0.1, -0.05) is 29.7 Å². The zero-order chi connectivity index (χ0) is 15.9. The molecule has 0 bridgehead atoms. The molecule has 0 fully saturated rings. The molecule has 2 nitrogen and oxygen atoms in total. The van der Waals surface area contributed by atoms with Gasteiger partial charge in [0.1, 0.15) is 5.76 Å². The van der Waals surface area contributed by atoms with Gasteiger partial charge in [-0.25, -0.2) is 0 Å². The van der Waals surface area contributed by atoms with Crippen LogP contribution in [-0.2, 0) is 4.74 Å². The van der Waals surface area contributed by atoms with Crippen LogP contribution in [0.3, 0.4) is 0 Å². The number of rotatable bonds is 12. The molecule has 0 unspecified atom stereocenters. The van der Waals surface area contributed by atoms with Crippen LogP contribution in [-0.4, -0.2) is 42.8 Å². The van der Waals surface area contributed by atoms with E-state index in [0.717, 1.165) is 37.4 Å². The van der Waals surface area contributed by atoms with Crippen LogP contribution in [0.1, 0.15) is 26.2 Å².